The van der Waals surface area contributed by atoms with E-state index >= 15 is 0 Å². The first-order valence-electron chi connectivity index (χ1n) is 9.82. The predicted molar refractivity (Wildman–Crippen MR) is 111 cm³/mol. The standard InChI is InChI=1S/C23H28N2O3/c1-18-4-3-5-21(16-18)24-12-14-25(15-13-24)23(27)17-28-22-10-8-20(9-11-22)7-6-19(2)26/h3-5,8-11,16H,6-7,12-15,17H2,1-2H3. The topological polar surface area (TPSA) is 49.9 Å². The van der Waals surface area contributed by atoms with Crippen LogP contribution >= 0.6 is 0 Å². The number of rotatable bonds is 7. The maximum Gasteiger partial charge on any atom is 0.260 e. The molecule has 0 bridgehead atoms. The second-order valence-corrected chi connectivity index (χ2v) is 7.34. The Morgan fingerprint density at radius 3 is 2.36 bits per heavy atom. The number of carbonyl (C=O) groups excluding carboxylic acids is 2. The molecule has 5 nitrogen and oxygen atoms in total. The van der Waals surface area contributed by atoms with Gasteiger partial charge in [0.2, 0.25) is 0 Å². The van der Waals surface area contributed by atoms with E-state index in [4.69, 9.17) is 4.74 Å². The Bertz CT molecular complexity index is 809. The number of nitrogens with zero attached hydrogens (tertiary/aromatic N) is 2. The third-order valence-corrected chi connectivity index (χ3v) is 5.05. The minimum absolute atomic E-state index is 0.0181. The van der Waals surface area contributed by atoms with Crippen molar-refractivity contribution in [2.24, 2.45) is 0 Å². The zero-order chi connectivity index (χ0) is 19.9. The van der Waals surface area contributed by atoms with Crippen molar-refractivity contribution in [1.82, 2.24) is 4.90 Å². The molecule has 0 aliphatic carbocycles. The summed E-state index contributed by atoms with van der Waals surface area (Å²) in [5.74, 6) is 0.885. The predicted octanol–water partition coefficient (Wildman–Crippen LogP) is 3.24. The molecule has 1 fully saturated rings. The van der Waals surface area contributed by atoms with E-state index in [2.05, 4.69) is 36.1 Å². The molecule has 0 N–H and O–H groups in total. The summed E-state index contributed by atoms with van der Waals surface area (Å²) in [6.45, 7) is 6.83. The van der Waals surface area contributed by atoms with E-state index in [0.29, 0.717) is 25.3 Å². The van der Waals surface area contributed by atoms with Crippen molar-refractivity contribution in [3.63, 3.8) is 0 Å². The number of Topliss-reactive ketones (excluding diaryl/α,β-unsaturated/α-hetero) is 1. The van der Waals surface area contributed by atoms with Crippen LogP contribution in [0.5, 0.6) is 5.75 Å². The Labute approximate surface area is 166 Å². The first kappa shape index (κ1) is 19.9. The van der Waals surface area contributed by atoms with Crippen LogP contribution < -0.4 is 9.64 Å². The lowest BCUT2D eigenvalue weighted by atomic mass is 10.1. The van der Waals surface area contributed by atoms with E-state index < -0.39 is 0 Å². The van der Waals surface area contributed by atoms with Crippen LogP contribution in [0.1, 0.15) is 24.5 Å². The molecule has 148 valence electrons. The molecule has 1 aliphatic rings. The summed E-state index contributed by atoms with van der Waals surface area (Å²) in [6.07, 6.45) is 1.28. The molecule has 0 saturated carbocycles. The molecule has 0 radical (unpaired) electrons. The average molecular weight is 380 g/mol. The summed E-state index contributed by atoms with van der Waals surface area (Å²) < 4.78 is 5.66. The van der Waals surface area contributed by atoms with Crippen molar-refractivity contribution >= 4 is 17.4 Å². The van der Waals surface area contributed by atoms with Gasteiger partial charge in [0.15, 0.2) is 6.61 Å². The quantitative estimate of drug-likeness (QED) is 0.740. The number of anilines is 1. The summed E-state index contributed by atoms with van der Waals surface area (Å²) in [5.41, 5.74) is 3.56. The van der Waals surface area contributed by atoms with E-state index in [1.165, 1.54) is 11.3 Å². The molecular weight excluding hydrogens is 352 g/mol. The van der Waals surface area contributed by atoms with Gasteiger partial charge in [0.05, 0.1) is 0 Å². The van der Waals surface area contributed by atoms with Crippen LogP contribution in [0.25, 0.3) is 0 Å². The van der Waals surface area contributed by atoms with E-state index in [-0.39, 0.29) is 18.3 Å². The Hall–Kier alpha value is -2.82. The van der Waals surface area contributed by atoms with Crippen LogP contribution in [-0.2, 0) is 16.0 Å². The third kappa shape index (κ3) is 5.59. The lowest BCUT2D eigenvalue weighted by molar-refractivity contribution is -0.133. The Balaban J connectivity index is 1.44. The monoisotopic (exact) mass is 380 g/mol. The van der Waals surface area contributed by atoms with E-state index in [0.717, 1.165) is 25.1 Å². The highest BCUT2D eigenvalue weighted by molar-refractivity contribution is 5.78. The molecule has 0 unspecified atom stereocenters. The summed E-state index contributed by atoms with van der Waals surface area (Å²) in [6, 6.07) is 16.1. The highest BCUT2D eigenvalue weighted by Crippen LogP contribution is 2.18. The Morgan fingerprint density at radius 2 is 1.71 bits per heavy atom. The lowest BCUT2D eigenvalue weighted by Gasteiger charge is -2.36. The first-order valence-corrected chi connectivity index (χ1v) is 9.82. The fourth-order valence-corrected chi connectivity index (χ4v) is 3.35. The number of ether oxygens (including phenoxy) is 1. The van der Waals surface area contributed by atoms with Crippen molar-refractivity contribution in [3.8, 4) is 5.75 Å². The van der Waals surface area contributed by atoms with Crippen LogP contribution in [0.3, 0.4) is 0 Å². The van der Waals surface area contributed by atoms with Crippen molar-refractivity contribution in [2.45, 2.75) is 26.7 Å². The van der Waals surface area contributed by atoms with Gasteiger partial charge in [-0.25, -0.2) is 0 Å². The SMILES string of the molecule is CC(=O)CCc1ccc(OCC(=O)N2CCN(c3cccc(C)c3)CC2)cc1. The molecule has 1 heterocycles. The van der Waals surface area contributed by atoms with Crippen molar-refractivity contribution in [1.29, 1.82) is 0 Å². The minimum Gasteiger partial charge on any atom is -0.484 e. The van der Waals surface area contributed by atoms with E-state index in [1.807, 2.05) is 29.2 Å². The largest absolute Gasteiger partial charge is 0.484 e. The number of aryl methyl sites for hydroxylation is 2. The van der Waals surface area contributed by atoms with E-state index in [1.54, 1.807) is 6.92 Å². The fraction of sp³-hybridized carbons (Fsp3) is 0.391. The molecule has 1 saturated heterocycles. The highest BCUT2D eigenvalue weighted by Gasteiger charge is 2.21. The van der Waals surface area contributed by atoms with Gasteiger partial charge in [-0.1, -0.05) is 24.3 Å². The molecule has 0 atom stereocenters. The number of hydrogen-bond acceptors (Lipinski definition) is 4. The second-order valence-electron chi connectivity index (χ2n) is 7.34. The minimum atomic E-state index is 0.0181. The lowest BCUT2D eigenvalue weighted by Crippen LogP contribution is -2.50. The smallest absolute Gasteiger partial charge is 0.260 e. The average Bonchev–Trinajstić information content (AvgIpc) is 2.71. The Morgan fingerprint density at radius 1 is 1.00 bits per heavy atom. The van der Waals surface area contributed by atoms with Crippen molar-refractivity contribution < 1.29 is 14.3 Å². The van der Waals surface area contributed by atoms with Crippen molar-refractivity contribution in [2.75, 3.05) is 37.7 Å². The van der Waals surface area contributed by atoms with Gasteiger partial charge in [0.25, 0.3) is 5.91 Å². The summed E-state index contributed by atoms with van der Waals surface area (Å²) in [4.78, 5) is 27.7. The van der Waals surface area contributed by atoms with Gasteiger partial charge >= 0.3 is 0 Å². The van der Waals surface area contributed by atoms with Crippen LogP contribution in [0.4, 0.5) is 5.69 Å². The molecule has 2 aromatic carbocycles. The molecule has 0 spiro atoms. The number of amides is 1. The molecule has 3 rings (SSSR count). The van der Waals surface area contributed by atoms with Crippen LogP contribution in [0, 0.1) is 6.92 Å². The van der Waals surface area contributed by atoms with Gasteiger partial charge in [-0.2, -0.15) is 0 Å². The second kappa shape index (κ2) is 9.40. The zero-order valence-electron chi connectivity index (χ0n) is 16.7. The number of carbonyl (C=O) groups is 2. The molecule has 1 aliphatic heterocycles. The van der Waals surface area contributed by atoms with Gasteiger partial charge in [-0.05, 0) is 55.7 Å². The summed E-state index contributed by atoms with van der Waals surface area (Å²) in [5, 5.41) is 0. The molecular formula is C23H28N2O3. The fourth-order valence-electron chi connectivity index (χ4n) is 3.35. The molecule has 28 heavy (non-hydrogen) atoms. The molecule has 5 heteroatoms. The summed E-state index contributed by atoms with van der Waals surface area (Å²) >= 11 is 0. The number of hydrogen-bond donors (Lipinski definition) is 0. The van der Waals surface area contributed by atoms with Gasteiger partial charge < -0.3 is 19.3 Å². The maximum absolute atomic E-state index is 12.5. The number of benzene rings is 2. The number of piperazine rings is 1. The Kier molecular flexibility index (Phi) is 6.69. The van der Waals surface area contributed by atoms with Crippen LogP contribution in [0.15, 0.2) is 48.5 Å². The third-order valence-electron chi connectivity index (χ3n) is 5.05. The normalized spacial score (nSPS) is 14.1. The highest BCUT2D eigenvalue weighted by atomic mass is 16.5. The van der Waals surface area contributed by atoms with Gasteiger partial charge in [0.1, 0.15) is 11.5 Å². The molecule has 0 aromatic heterocycles. The van der Waals surface area contributed by atoms with Crippen molar-refractivity contribution in [3.05, 3.63) is 59.7 Å². The van der Waals surface area contributed by atoms with Gasteiger partial charge in [0, 0.05) is 38.3 Å². The maximum atomic E-state index is 12.5. The summed E-state index contributed by atoms with van der Waals surface area (Å²) in [7, 11) is 0. The van der Waals surface area contributed by atoms with Gasteiger partial charge in [-0.3, -0.25) is 4.79 Å². The van der Waals surface area contributed by atoms with Crippen LogP contribution in [-0.4, -0.2) is 49.4 Å². The molecule has 1 amide bonds. The van der Waals surface area contributed by atoms with E-state index in [9.17, 15) is 9.59 Å². The first-order chi connectivity index (χ1) is 13.5. The zero-order valence-corrected chi connectivity index (χ0v) is 16.7. The van der Waals surface area contributed by atoms with Crippen LogP contribution in [0.2, 0.25) is 0 Å². The molecule has 2 aromatic rings. The number of ketones is 1. The van der Waals surface area contributed by atoms with Gasteiger partial charge in [-0.15, -0.1) is 0 Å².